The lowest BCUT2D eigenvalue weighted by Gasteiger charge is -2.22. The summed E-state index contributed by atoms with van der Waals surface area (Å²) in [5.74, 6) is -2.41. The van der Waals surface area contributed by atoms with Gasteiger partial charge in [0.15, 0.2) is 11.6 Å². The van der Waals surface area contributed by atoms with Crippen molar-refractivity contribution in [3.05, 3.63) is 59.7 Å². The fourth-order valence-corrected chi connectivity index (χ4v) is 5.53. The Balaban J connectivity index is 2.16. The number of fused-ring (bicyclic) bond motifs is 1. The second-order valence-electron chi connectivity index (χ2n) is 5.37. The van der Waals surface area contributed by atoms with Gasteiger partial charge in [0.05, 0.1) is 11.4 Å². The first kappa shape index (κ1) is 17.8. The molecule has 0 atom stereocenters. The van der Waals surface area contributed by atoms with Crippen LogP contribution in [0.1, 0.15) is 5.56 Å². The number of hydrogen-bond acceptors (Lipinski definition) is 3. The molecule has 3 nitrogen and oxygen atoms in total. The van der Waals surface area contributed by atoms with E-state index in [-0.39, 0.29) is 0 Å². The lowest BCUT2D eigenvalue weighted by molar-refractivity contribution is 0.497. The third-order valence-corrected chi connectivity index (χ3v) is 7.02. The molecular weight excluding hydrogens is 371 g/mol. The van der Waals surface area contributed by atoms with Crippen molar-refractivity contribution in [2.45, 2.75) is 11.8 Å². The second-order valence-corrected chi connectivity index (χ2v) is 8.26. The molecule has 0 amide bonds. The zero-order valence-electron chi connectivity index (χ0n) is 13.2. The average Bonchev–Trinajstić information content (AvgIpc) is 2.92. The van der Waals surface area contributed by atoms with E-state index in [1.54, 1.807) is 6.92 Å². The van der Waals surface area contributed by atoms with Gasteiger partial charge in [-0.3, -0.25) is 4.31 Å². The van der Waals surface area contributed by atoms with Gasteiger partial charge in [-0.25, -0.2) is 21.6 Å². The van der Waals surface area contributed by atoms with E-state index >= 15 is 0 Å². The third-order valence-electron chi connectivity index (χ3n) is 3.81. The quantitative estimate of drug-likeness (QED) is 0.641. The third kappa shape index (κ3) is 3.11. The number of rotatable bonds is 5. The van der Waals surface area contributed by atoms with Crippen molar-refractivity contribution in [1.82, 2.24) is 0 Å². The van der Waals surface area contributed by atoms with Crippen LogP contribution in [0, 0.1) is 18.6 Å². The Labute approximate surface area is 147 Å². The highest BCUT2D eigenvalue weighted by molar-refractivity contribution is 7.93. The maximum atomic E-state index is 13.5. The Kier molecular flexibility index (Phi) is 4.75. The van der Waals surface area contributed by atoms with Gasteiger partial charge in [-0.2, -0.15) is 0 Å². The fourth-order valence-electron chi connectivity index (χ4n) is 2.57. The molecule has 3 aromatic rings. The van der Waals surface area contributed by atoms with E-state index in [4.69, 9.17) is 0 Å². The van der Waals surface area contributed by atoms with Crippen molar-refractivity contribution >= 4 is 36.4 Å². The predicted octanol–water partition coefficient (Wildman–Crippen LogP) is 4.65. The number of thiophene rings is 1. The summed E-state index contributed by atoms with van der Waals surface area (Å²) in [5.41, 5.74) is 0.695. The summed E-state index contributed by atoms with van der Waals surface area (Å²) in [6, 6.07) is 9.67. The minimum absolute atomic E-state index is 0.364. The van der Waals surface area contributed by atoms with Crippen LogP contribution in [0.25, 0.3) is 10.1 Å². The first-order chi connectivity index (χ1) is 11.9. The summed E-state index contributed by atoms with van der Waals surface area (Å²) >= 11 is 1.21. The zero-order valence-corrected chi connectivity index (χ0v) is 14.8. The molecule has 0 saturated carbocycles. The van der Waals surface area contributed by atoms with Crippen molar-refractivity contribution in [3.63, 3.8) is 0 Å². The number of hydrogen-bond donors (Lipinski definition) is 0. The van der Waals surface area contributed by atoms with Crippen LogP contribution in [-0.2, 0) is 10.0 Å². The molecule has 2 aromatic carbocycles. The molecule has 0 spiro atoms. The molecule has 0 fully saturated rings. The van der Waals surface area contributed by atoms with Gasteiger partial charge >= 0.3 is 0 Å². The molecule has 3 rings (SSSR count). The van der Waals surface area contributed by atoms with Gasteiger partial charge in [-0.05, 0) is 42.1 Å². The van der Waals surface area contributed by atoms with E-state index in [0.717, 1.165) is 26.5 Å². The van der Waals surface area contributed by atoms with Crippen molar-refractivity contribution < 1.29 is 21.6 Å². The number of sulfonamides is 1. The summed E-state index contributed by atoms with van der Waals surface area (Å²) in [5, 5.41) is 1.23. The maximum absolute atomic E-state index is 13.5. The minimum atomic E-state index is -4.23. The molecule has 132 valence electrons. The molecule has 0 radical (unpaired) electrons. The molecule has 1 heterocycles. The van der Waals surface area contributed by atoms with Gasteiger partial charge in [0.1, 0.15) is 11.7 Å². The molecule has 0 aliphatic carbocycles. The van der Waals surface area contributed by atoms with Gasteiger partial charge in [0, 0.05) is 4.70 Å². The monoisotopic (exact) mass is 385 g/mol. The van der Waals surface area contributed by atoms with Crippen LogP contribution in [0.3, 0.4) is 0 Å². The molecule has 0 aliphatic heterocycles. The van der Waals surface area contributed by atoms with Crippen LogP contribution in [-0.4, -0.2) is 21.6 Å². The summed E-state index contributed by atoms with van der Waals surface area (Å²) in [4.78, 5) is -0.420. The highest BCUT2D eigenvalue weighted by atomic mass is 32.2. The van der Waals surface area contributed by atoms with Crippen LogP contribution >= 0.6 is 11.3 Å². The van der Waals surface area contributed by atoms with Gasteiger partial charge in [-0.15, -0.1) is 11.3 Å². The van der Waals surface area contributed by atoms with Crippen LogP contribution in [0.15, 0.2) is 47.4 Å². The van der Waals surface area contributed by atoms with Crippen LogP contribution in [0.5, 0.6) is 0 Å². The van der Waals surface area contributed by atoms with E-state index in [1.807, 2.05) is 24.3 Å². The van der Waals surface area contributed by atoms with Crippen molar-refractivity contribution in [1.29, 1.82) is 0 Å². The largest absolute Gasteiger partial charge is 0.265 e. The van der Waals surface area contributed by atoms with Gasteiger partial charge in [-0.1, -0.05) is 18.2 Å². The fraction of sp³-hybridized carbons (Fsp3) is 0.176. The molecule has 0 unspecified atom stereocenters. The number of aryl methyl sites for hydroxylation is 1. The highest BCUT2D eigenvalue weighted by Crippen LogP contribution is 2.39. The Hall–Kier alpha value is -2.06. The number of nitrogens with zero attached hydrogens (tertiary/aromatic N) is 1. The molecule has 0 N–H and O–H groups in total. The summed E-state index contributed by atoms with van der Waals surface area (Å²) in [7, 11) is -4.23. The standard InChI is InChI=1S/C17H14F3NO2S2/c1-11-13-4-2-3-5-16(13)24-17(11)21(9-8-18)25(22,23)12-6-7-14(19)15(20)10-12/h2-7,10H,8-9H2,1H3. The topological polar surface area (TPSA) is 37.4 Å². The second kappa shape index (κ2) is 6.68. The smallest absolute Gasteiger partial charge is 0.254 e. The summed E-state index contributed by atoms with van der Waals surface area (Å²) < 4.78 is 67.2. The van der Waals surface area contributed by atoms with E-state index in [0.29, 0.717) is 16.6 Å². The Bertz CT molecular complexity index is 1030. The van der Waals surface area contributed by atoms with E-state index < -0.39 is 39.8 Å². The minimum Gasteiger partial charge on any atom is -0.254 e. The van der Waals surface area contributed by atoms with Crippen molar-refractivity contribution in [2.75, 3.05) is 17.5 Å². The number of benzene rings is 2. The molecule has 0 aliphatic rings. The Morgan fingerprint density at radius 2 is 1.80 bits per heavy atom. The SMILES string of the molecule is Cc1c(N(CCF)S(=O)(=O)c2ccc(F)c(F)c2)sc2ccccc12. The van der Waals surface area contributed by atoms with Crippen molar-refractivity contribution in [3.8, 4) is 0 Å². The molecule has 0 bridgehead atoms. The molecule has 1 aromatic heterocycles. The van der Waals surface area contributed by atoms with E-state index in [9.17, 15) is 21.6 Å². The average molecular weight is 385 g/mol. The Morgan fingerprint density at radius 1 is 1.08 bits per heavy atom. The summed E-state index contributed by atoms with van der Waals surface area (Å²) in [6.45, 7) is 0.436. The van der Waals surface area contributed by atoms with Gasteiger partial charge in [0.25, 0.3) is 10.0 Å². The lowest BCUT2D eigenvalue weighted by Crippen LogP contribution is -2.32. The molecule has 0 saturated heterocycles. The van der Waals surface area contributed by atoms with Crippen LogP contribution in [0.2, 0.25) is 0 Å². The number of halogens is 3. The highest BCUT2D eigenvalue weighted by Gasteiger charge is 2.29. The Morgan fingerprint density at radius 3 is 2.44 bits per heavy atom. The predicted molar refractivity (Wildman–Crippen MR) is 93.4 cm³/mol. The van der Waals surface area contributed by atoms with E-state index in [2.05, 4.69) is 0 Å². The van der Waals surface area contributed by atoms with Gasteiger partial charge in [0.2, 0.25) is 0 Å². The number of alkyl halides is 1. The molecule has 25 heavy (non-hydrogen) atoms. The molecule has 8 heteroatoms. The zero-order chi connectivity index (χ0) is 18.2. The lowest BCUT2D eigenvalue weighted by atomic mass is 10.2. The first-order valence-electron chi connectivity index (χ1n) is 7.38. The van der Waals surface area contributed by atoms with Crippen LogP contribution in [0.4, 0.5) is 18.2 Å². The summed E-state index contributed by atoms with van der Waals surface area (Å²) in [6.07, 6.45) is 0. The van der Waals surface area contributed by atoms with Crippen molar-refractivity contribution in [2.24, 2.45) is 0 Å². The normalized spacial score (nSPS) is 11.8. The number of anilines is 1. The van der Waals surface area contributed by atoms with Crippen LogP contribution < -0.4 is 4.31 Å². The molecular formula is C17H14F3NO2S2. The van der Waals surface area contributed by atoms with Gasteiger partial charge < -0.3 is 0 Å². The van der Waals surface area contributed by atoms with E-state index in [1.165, 1.54) is 11.3 Å². The maximum Gasteiger partial charge on any atom is 0.265 e. The first-order valence-corrected chi connectivity index (χ1v) is 9.64.